The topological polar surface area (TPSA) is 43.3 Å². The van der Waals surface area contributed by atoms with Gasteiger partial charge in [-0.1, -0.05) is 0 Å². The molecule has 0 bridgehead atoms. The van der Waals surface area contributed by atoms with Crippen molar-refractivity contribution in [2.45, 2.75) is 6.92 Å². The maximum Gasteiger partial charge on any atom is 0.262 e. The summed E-state index contributed by atoms with van der Waals surface area (Å²) in [4.78, 5) is 11.9. The van der Waals surface area contributed by atoms with Crippen LogP contribution in [-0.2, 0) is 4.79 Å². The Kier molecular flexibility index (Phi) is 4.97. The molecule has 3 aromatic rings. The fourth-order valence-corrected chi connectivity index (χ4v) is 2.37. The molecule has 1 N–H and O–H groups in total. The van der Waals surface area contributed by atoms with Gasteiger partial charge in [-0.05, 0) is 43.3 Å². The predicted octanol–water partition coefficient (Wildman–Crippen LogP) is 4.22. The van der Waals surface area contributed by atoms with Crippen molar-refractivity contribution in [1.82, 2.24) is 4.57 Å². The lowest BCUT2D eigenvalue weighted by molar-refractivity contribution is -0.118. The van der Waals surface area contributed by atoms with Gasteiger partial charge in [0.1, 0.15) is 5.75 Å². The Labute approximate surface area is 147 Å². The molecule has 4 nitrogen and oxygen atoms in total. The van der Waals surface area contributed by atoms with E-state index in [4.69, 9.17) is 4.74 Å². The zero-order valence-electron chi connectivity index (χ0n) is 13.8. The van der Waals surface area contributed by atoms with Crippen molar-refractivity contribution >= 4 is 11.6 Å². The van der Waals surface area contributed by atoms with Crippen molar-refractivity contribution in [2.75, 3.05) is 11.9 Å². The van der Waals surface area contributed by atoms with E-state index in [0.717, 1.165) is 11.8 Å². The van der Waals surface area contributed by atoms with Crippen LogP contribution in [-0.4, -0.2) is 17.1 Å². The summed E-state index contributed by atoms with van der Waals surface area (Å²) in [5.41, 5.74) is 0.603. The van der Waals surface area contributed by atoms with E-state index < -0.39 is 23.4 Å². The van der Waals surface area contributed by atoms with Crippen molar-refractivity contribution < 1.29 is 22.7 Å². The number of amides is 1. The standard InChI is InChI=1S/C19H15F3N2O2/c1-12-16(10-15(20)19(22)18(12)21)23-17(25)11-26-14-6-4-13(5-7-14)24-8-2-3-9-24/h2-10H,11H2,1H3,(H,23,25). The van der Waals surface area contributed by atoms with Gasteiger partial charge in [0.05, 0.1) is 0 Å². The van der Waals surface area contributed by atoms with E-state index in [1.165, 1.54) is 6.92 Å². The van der Waals surface area contributed by atoms with E-state index >= 15 is 0 Å². The predicted molar refractivity (Wildman–Crippen MR) is 90.9 cm³/mol. The molecule has 0 aliphatic rings. The molecular formula is C19H15F3N2O2. The fraction of sp³-hybridized carbons (Fsp3) is 0.105. The third-order valence-corrected chi connectivity index (χ3v) is 3.79. The van der Waals surface area contributed by atoms with E-state index in [0.29, 0.717) is 5.75 Å². The summed E-state index contributed by atoms with van der Waals surface area (Å²) in [6.45, 7) is 0.886. The molecule has 1 amide bonds. The maximum absolute atomic E-state index is 13.5. The van der Waals surface area contributed by atoms with Gasteiger partial charge in [0.15, 0.2) is 24.1 Å². The highest BCUT2D eigenvalue weighted by Crippen LogP contribution is 2.23. The largest absolute Gasteiger partial charge is 0.484 e. The Balaban J connectivity index is 1.61. The highest BCUT2D eigenvalue weighted by molar-refractivity contribution is 5.92. The number of benzene rings is 2. The van der Waals surface area contributed by atoms with E-state index in [2.05, 4.69) is 5.32 Å². The quantitative estimate of drug-likeness (QED) is 0.693. The Morgan fingerprint density at radius 2 is 1.73 bits per heavy atom. The number of ether oxygens (including phenoxy) is 1. The molecule has 0 radical (unpaired) electrons. The highest BCUT2D eigenvalue weighted by Gasteiger charge is 2.17. The van der Waals surface area contributed by atoms with Crippen LogP contribution in [0.2, 0.25) is 0 Å². The van der Waals surface area contributed by atoms with Crippen LogP contribution in [0.15, 0.2) is 54.9 Å². The van der Waals surface area contributed by atoms with Crippen LogP contribution in [0.5, 0.6) is 5.75 Å². The summed E-state index contributed by atoms with van der Waals surface area (Å²) in [6.07, 6.45) is 3.79. The van der Waals surface area contributed by atoms with E-state index in [1.54, 1.807) is 12.1 Å². The molecule has 26 heavy (non-hydrogen) atoms. The number of hydrogen-bond donors (Lipinski definition) is 1. The summed E-state index contributed by atoms with van der Waals surface area (Å²) >= 11 is 0. The number of carbonyl (C=O) groups is 1. The molecule has 0 fully saturated rings. The van der Waals surface area contributed by atoms with Crippen LogP contribution in [0.4, 0.5) is 18.9 Å². The number of aromatic nitrogens is 1. The number of anilines is 1. The first-order valence-electron chi connectivity index (χ1n) is 7.76. The molecule has 0 atom stereocenters. The summed E-state index contributed by atoms with van der Waals surface area (Å²) in [5, 5.41) is 2.31. The molecule has 3 rings (SSSR count). The Morgan fingerprint density at radius 3 is 2.38 bits per heavy atom. The lowest BCUT2D eigenvalue weighted by atomic mass is 10.1. The average molecular weight is 360 g/mol. The lowest BCUT2D eigenvalue weighted by Gasteiger charge is -2.11. The van der Waals surface area contributed by atoms with E-state index in [-0.39, 0.29) is 17.9 Å². The number of hydrogen-bond acceptors (Lipinski definition) is 2. The van der Waals surface area contributed by atoms with Crippen molar-refractivity contribution in [1.29, 1.82) is 0 Å². The zero-order valence-corrected chi connectivity index (χ0v) is 13.8. The van der Waals surface area contributed by atoms with Crippen LogP contribution in [0.3, 0.4) is 0 Å². The minimum Gasteiger partial charge on any atom is -0.484 e. The first kappa shape index (κ1) is 17.6. The Hall–Kier alpha value is -3.22. The van der Waals surface area contributed by atoms with Gasteiger partial charge in [0.25, 0.3) is 5.91 Å². The van der Waals surface area contributed by atoms with Crippen molar-refractivity contribution in [3.05, 3.63) is 77.9 Å². The van der Waals surface area contributed by atoms with Gasteiger partial charge in [0.2, 0.25) is 0 Å². The molecule has 0 saturated heterocycles. The fourth-order valence-electron chi connectivity index (χ4n) is 2.37. The smallest absolute Gasteiger partial charge is 0.262 e. The van der Waals surface area contributed by atoms with E-state index in [1.807, 2.05) is 41.2 Å². The number of nitrogens with zero attached hydrogens (tertiary/aromatic N) is 1. The second-order valence-corrected chi connectivity index (χ2v) is 5.58. The van der Waals surface area contributed by atoms with Crippen molar-refractivity contribution in [3.63, 3.8) is 0 Å². The second kappa shape index (κ2) is 7.35. The lowest BCUT2D eigenvalue weighted by Crippen LogP contribution is -2.21. The molecule has 1 aromatic heterocycles. The second-order valence-electron chi connectivity index (χ2n) is 5.58. The van der Waals surface area contributed by atoms with Gasteiger partial charge in [-0.25, -0.2) is 13.2 Å². The molecule has 0 aliphatic carbocycles. The minimum absolute atomic E-state index is 0.141. The van der Waals surface area contributed by atoms with Gasteiger partial charge < -0.3 is 14.6 Å². The minimum atomic E-state index is -1.57. The first-order chi connectivity index (χ1) is 12.5. The summed E-state index contributed by atoms with van der Waals surface area (Å²) in [6, 6.07) is 11.6. The van der Waals surface area contributed by atoms with Gasteiger partial charge in [-0.2, -0.15) is 0 Å². The van der Waals surface area contributed by atoms with Gasteiger partial charge in [0, 0.05) is 35.4 Å². The maximum atomic E-state index is 13.5. The summed E-state index contributed by atoms with van der Waals surface area (Å²) < 4.78 is 47.2. The Morgan fingerprint density at radius 1 is 1.08 bits per heavy atom. The van der Waals surface area contributed by atoms with Crippen LogP contribution < -0.4 is 10.1 Å². The number of carbonyl (C=O) groups excluding carboxylic acids is 1. The van der Waals surface area contributed by atoms with Crippen molar-refractivity contribution in [2.24, 2.45) is 0 Å². The normalized spacial score (nSPS) is 10.6. The number of rotatable bonds is 5. The third-order valence-electron chi connectivity index (χ3n) is 3.79. The molecule has 0 saturated carbocycles. The molecule has 134 valence electrons. The first-order valence-corrected chi connectivity index (χ1v) is 7.76. The monoisotopic (exact) mass is 360 g/mol. The number of halogens is 3. The number of nitrogens with one attached hydrogen (secondary N) is 1. The molecule has 0 aliphatic heterocycles. The molecule has 0 unspecified atom stereocenters. The third kappa shape index (κ3) is 3.72. The summed E-state index contributed by atoms with van der Waals surface area (Å²) in [5.74, 6) is -4.43. The van der Waals surface area contributed by atoms with Gasteiger partial charge in [-0.15, -0.1) is 0 Å². The average Bonchev–Trinajstić information content (AvgIpc) is 3.18. The molecule has 0 spiro atoms. The Bertz CT molecular complexity index is 923. The molecular weight excluding hydrogens is 345 g/mol. The van der Waals surface area contributed by atoms with Crippen molar-refractivity contribution in [3.8, 4) is 11.4 Å². The van der Waals surface area contributed by atoms with Crippen LogP contribution >= 0.6 is 0 Å². The highest BCUT2D eigenvalue weighted by atomic mass is 19.2. The van der Waals surface area contributed by atoms with Gasteiger partial charge >= 0.3 is 0 Å². The molecule has 1 heterocycles. The summed E-state index contributed by atoms with van der Waals surface area (Å²) in [7, 11) is 0. The molecule has 7 heteroatoms. The molecule has 2 aromatic carbocycles. The van der Waals surface area contributed by atoms with Crippen LogP contribution in [0, 0.1) is 24.4 Å². The van der Waals surface area contributed by atoms with Crippen LogP contribution in [0.25, 0.3) is 5.69 Å². The zero-order chi connectivity index (χ0) is 18.7. The van der Waals surface area contributed by atoms with E-state index in [9.17, 15) is 18.0 Å². The SMILES string of the molecule is Cc1c(NC(=O)COc2ccc(-n3cccc3)cc2)cc(F)c(F)c1F. The van der Waals surface area contributed by atoms with Crippen LogP contribution in [0.1, 0.15) is 5.56 Å². The van der Waals surface area contributed by atoms with Gasteiger partial charge in [-0.3, -0.25) is 4.79 Å².